The highest BCUT2D eigenvalue weighted by Crippen LogP contribution is 2.32. The quantitative estimate of drug-likeness (QED) is 0.601. The second-order valence-electron chi connectivity index (χ2n) is 6.83. The third-order valence-corrected chi connectivity index (χ3v) is 5.49. The van der Waals surface area contributed by atoms with Crippen LogP contribution in [0.2, 0.25) is 0 Å². The molecule has 0 spiro atoms. The van der Waals surface area contributed by atoms with Gasteiger partial charge in [0.2, 0.25) is 11.8 Å². The first-order valence-corrected chi connectivity index (χ1v) is 9.93. The van der Waals surface area contributed by atoms with Gasteiger partial charge in [-0.15, -0.1) is 0 Å². The molecule has 2 heterocycles. The van der Waals surface area contributed by atoms with Crippen LogP contribution in [0.4, 0.5) is 15.9 Å². The van der Waals surface area contributed by atoms with E-state index in [9.17, 15) is 14.0 Å². The van der Waals surface area contributed by atoms with E-state index in [0.717, 1.165) is 10.2 Å². The Kier molecular flexibility index (Phi) is 5.19. The van der Waals surface area contributed by atoms with Gasteiger partial charge in [-0.1, -0.05) is 12.1 Å². The van der Waals surface area contributed by atoms with Crippen molar-refractivity contribution in [2.75, 3.05) is 16.8 Å². The summed E-state index contributed by atoms with van der Waals surface area (Å²) >= 11 is 3.46. The lowest BCUT2D eigenvalue weighted by molar-refractivity contribution is -0.129. The second kappa shape index (κ2) is 7.79. The molecule has 2 amide bonds. The fourth-order valence-electron chi connectivity index (χ4n) is 3.41. The molecule has 8 heteroatoms. The number of aromatic nitrogens is 2. The van der Waals surface area contributed by atoms with Crippen LogP contribution in [0.25, 0.3) is 5.69 Å². The smallest absolute Gasteiger partial charge is 0.239 e. The Morgan fingerprint density at radius 3 is 2.66 bits per heavy atom. The minimum Gasteiger partial charge on any atom is -0.311 e. The maximum atomic E-state index is 13.2. The van der Waals surface area contributed by atoms with Crippen LogP contribution >= 0.6 is 15.9 Å². The SMILES string of the molecule is Cc1cc(NC(=O)C2CCN(c3ccccc3Br)C2=O)n(-c2ccc(F)cc2)n1. The van der Waals surface area contributed by atoms with E-state index >= 15 is 0 Å². The van der Waals surface area contributed by atoms with Gasteiger partial charge < -0.3 is 10.2 Å². The van der Waals surface area contributed by atoms with Crippen molar-refractivity contribution in [1.82, 2.24) is 9.78 Å². The van der Waals surface area contributed by atoms with Gasteiger partial charge in [0, 0.05) is 17.1 Å². The highest BCUT2D eigenvalue weighted by Gasteiger charge is 2.38. The van der Waals surface area contributed by atoms with Crippen LogP contribution in [0.3, 0.4) is 0 Å². The van der Waals surface area contributed by atoms with Gasteiger partial charge in [0.05, 0.1) is 17.1 Å². The van der Waals surface area contributed by atoms with Crippen LogP contribution in [0.15, 0.2) is 59.1 Å². The Labute approximate surface area is 175 Å². The number of amides is 2. The molecule has 1 saturated heterocycles. The highest BCUT2D eigenvalue weighted by atomic mass is 79.9. The summed E-state index contributed by atoms with van der Waals surface area (Å²) in [7, 11) is 0. The van der Waals surface area contributed by atoms with Gasteiger partial charge in [0.1, 0.15) is 17.6 Å². The summed E-state index contributed by atoms with van der Waals surface area (Å²) in [5, 5.41) is 7.17. The average Bonchev–Trinajstić information content (AvgIpc) is 3.25. The van der Waals surface area contributed by atoms with Crippen LogP contribution in [-0.2, 0) is 9.59 Å². The van der Waals surface area contributed by atoms with E-state index in [-0.39, 0.29) is 17.6 Å². The molecular weight excluding hydrogens is 439 g/mol. The standard InChI is InChI=1S/C21H18BrFN4O2/c1-13-12-19(27(25-13)15-8-6-14(23)7-9-15)24-20(28)16-10-11-26(21(16)29)18-5-3-2-4-17(18)22/h2-9,12,16H,10-11H2,1H3,(H,24,28). The summed E-state index contributed by atoms with van der Waals surface area (Å²) in [6.45, 7) is 2.26. The fourth-order valence-corrected chi connectivity index (χ4v) is 3.91. The number of anilines is 2. The number of nitrogens with zero attached hydrogens (tertiary/aromatic N) is 3. The molecule has 3 aromatic rings. The highest BCUT2D eigenvalue weighted by molar-refractivity contribution is 9.10. The number of aryl methyl sites for hydroxylation is 1. The monoisotopic (exact) mass is 456 g/mol. The van der Waals surface area contributed by atoms with Crippen molar-refractivity contribution in [3.8, 4) is 5.69 Å². The van der Waals surface area contributed by atoms with Crippen molar-refractivity contribution < 1.29 is 14.0 Å². The van der Waals surface area contributed by atoms with Crippen molar-refractivity contribution in [3.63, 3.8) is 0 Å². The summed E-state index contributed by atoms with van der Waals surface area (Å²) in [6, 6.07) is 14.9. The van der Waals surface area contributed by atoms with Crippen LogP contribution in [0.5, 0.6) is 0 Å². The molecule has 1 N–H and O–H groups in total. The van der Waals surface area contributed by atoms with Crippen LogP contribution in [-0.4, -0.2) is 28.1 Å². The molecule has 0 radical (unpaired) electrons. The van der Waals surface area contributed by atoms with Crippen molar-refractivity contribution in [2.24, 2.45) is 5.92 Å². The van der Waals surface area contributed by atoms with Crippen molar-refractivity contribution in [3.05, 3.63) is 70.6 Å². The van der Waals surface area contributed by atoms with Gasteiger partial charge in [-0.3, -0.25) is 9.59 Å². The van der Waals surface area contributed by atoms with Gasteiger partial charge >= 0.3 is 0 Å². The molecule has 1 aromatic heterocycles. The van der Waals surface area contributed by atoms with Crippen molar-refractivity contribution >= 4 is 39.2 Å². The zero-order valence-electron chi connectivity index (χ0n) is 15.6. The molecule has 29 heavy (non-hydrogen) atoms. The normalized spacial score (nSPS) is 16.3. The summed E-state index contributed by atoms with van der Waals surface area (Å²) in [6.07, 6.45) is 0.426. The Balaban J connectivity index is 1.54. The molecule has 2 aromatic carbocycles. The Bertz CT molecular complexity index is 1080. The minimum absolute atomic E-state index is 0.237. The summed E-state index contributed by atoms with van der Waals surface area (Å²) in [5.74, 6) is -1.32. The van der Waals surface area contributed by atoms with Crippen LogP contribution in [0.1, 0.15) is 12.1 Å². The van der Waals surface area contributed by atoms with Gasteiger partial charge in [-0.25, -0.2) is 9.07 Å². The molecule has 1 fully saturated rings. The zero-order valence-corrected chi connectivity index (χ0v) is 17.2. The number of hydrogen-bond donors (Lipinski definition) is 1. The van der Waals surface area contributed by atoms with Gasteiger partial charge in [-0.05, 0) is 65.7 Å². The van der Waals surface area contributed by atoms with E-state index in [4.69, 9.17) is 0 Å². The first-order valence-electron chi connectivity index (χ1n) is 9.13. The second-order valence-corrected chi connectivity index (χ2v) is 7.69. The number of rotatable bonds is 4. The molecule has 1 unspecified atom stereocenters. The van der Waals surface area contributed by atoms with E-state index < -0.39 is 5.92 Å². The molecule has 6 nitrogen and oxygen atoms in total. The Morgan fingerprint density at radius 2 is 1.93 bits per heavy atom. The van der Waals surface area contributed by atoms with Gasteiger partial charge in [0.25, 0.3) is 0 Å². The average molecular weight is 457 g/mol. The number of para-hydroxylation sites is 1. The lowest BCUT2D eigenvalue weighted by atomic mass is 10.1. The first kappa shape index (κ1) is 19.3. The van der Waals surface area contributed by atoms with E-state index in [1.54, 1.807) is 30.0 Å². The first-order chi connectivity index (χ1) is 13.9. The number of halogens is 2. The minimum atomic E-state index is -0.779. The summed E-state index contributed by atoms with van der Waals surface area (Å²) in [5.41, 5.74) is 2.06. The maximum absolute atomic E-state index is 13.2. The number of hydrogen-bond acceptors (Lipinski definition) is 3. The van der Waals surface area contributed by atoms with E-state index in [1.165, 1.54) is 16.8 Å². The number of benzene rings is 2. The van der Waals surface area contributed by atoms with Crippen LogP contribution < -0.4 is 10.2 Å². The molecule has 4 rings (SSSR count). The number of carbonyl (C=O) groups is 2. The lowest BCUT2D eigenvalue weighted by Crippen LogP contribution is -2.33. The number of carbonyl (C=O) groups excluding carboxylic acids is 2. The molecule has 0 bridgehead atoms. The Morgan fingerprint density at radius 1 is 1.21 bits per heavy atom. The third-order valence-electron chi connectivity index (χ3n) is 4.82. The molecule has 1 aliphatic heterocycles. The largest absolute Gasteiger partial charge is 0.311 e. The molecule has 0 saturated carbocycles. The molecule has 1 aliphatic rings. The predicted molar refractivity (Wildman–Crippen MR) is 111 cm³/mol. The lowest BCUT2D eigenvalue weighted by Gasteiger charge is -2.18. The van der Waals surface area contributed by atoms with Crippen molar-refractivity contribution in [2.45, 2.75) is 13.3 Å². The zero-order chi connectivity index (χ0) is 20.5. The summed E-state index contributed by atoms with van der Waals surface area (Å²) < 4.78 is 15.6. The molecule has 148 valence electrons. The maximum Gasteiger partial charge on any atom is 0.239 e. The molecule has 1 atom stereocenters. The van der Waals surface area contributed by atoms with E-state index in [2.05, 4.69) is 26.3 Å². The predicted octanol–water partition coefficient (Wildman–Crippen LogP) is 4.07. The topological polar surface area (TPSA) is 67.2 Å². The van der Waals surface area contributed by atoms with E-state index in [0.29, 0.717) is 30.2 Å². The van der Waals surface area contributed by atoms with Gasteiger partial charge in [0.15, 0.2) is 0 Å². The van der Waals surface area contributed by atoms with Gasteiger partial charge in [-0.2, -0.15) is 5.10 Å². The Hall–Kier alpha value is -3.00. The number of nitrogens with one attached hydrogen (secondary N) is 1. The van der Waals surface area contributed by atoms with E-state index in [1.807, 2.05) is 24.3 Å². The molecular formula is C21H18BrFN4O2. The van der Waals surface area contributed by atoms with Crippen molar-refractivity contribution in [1.29, 1.82) is 0 Å². The fraction of sp³-hybridized carbons (Fsp3) is 0.190. The molecule has 0 aliphatic carbocycles. The third kappa shape index (κ3) is 3.80. The van der Waals surface area contributed by atoms with Crippen LogP contribution in [0, 0.1) is 18.7 Å². The summed E-state index contributed by atoms with van der Waals surface area (Å²) in [4.78, 5) is 27.4.